The lowest BCUT2D eigenvalue weighted by Crippen LogP contribution is -2.40. The van der Waals surface area contributed by atoms with E-state index in [-0.39, 0.29) is 11.9 Å². The normalized spacial score (nSPS) is 16.4. The Morgan fingerprint density at radius 1 is 1.25 bits per heavy atom. The molecule has 3 aromatic rings. The zero-order valence-corrected chi connectivity index (χ0v) is 17.1. The van der Waals surface area contributed by atoms with Crippen LogP contribution in [-0.2, 0) is 11.2 Å². The van der Waals surface area contributed by atoms with Gasteiger partial charge in [0, 0.05) is 16.4 Å². The maximum absolute atomic E-state index is 12.8. The summed E-state index contributed by atoms with van der Waals surface area (Å²) < 4.78 is 5.33. The van der Waals surface area contributed by atoms with Gasteiger partial charge in [-0.25, -0.2) is 0 Å². The van der Waals surface area contributed by atoms with Gasteiger partial charge in [-0.1, -0.05) is 41.9 Å². The molecule has 1 aliphatic rings. The van der Waals surface area contributed by atoms with E-state index in [1.165, 1.54) is 16.0 Å². The fourth-order valence-electron chi connectivity index (χ4n) is 3.72. The van der Waals surface area contributed by atoms with Crippen molar-refractivity contribution in [1.29, 1.82) is 0 Å². The summed E-state index contributed by atoms with van der Waals surface area (Å²) in [4.78, 5) is 16.5. The molecule has 4 nitrogen and oxygen atoms in total. The third-order valence-corrected chi connectivity index (χ3v) is 6.19. The molecular formula is C22H21ClN2O2S. The van der Waals surface area contributed by atoms with Gasteiger partial charge >= 0.3 is 0 Å². The van der Waals surface area contributed by atoms with Gasteiger partial charge in [0.05, 0.1) is 25.4 Å². The van der Waals surface area contributed by atoms with E-state index in [1.54, 1.807) is 36.6 Å². The molecule has 0 unspecified atom stereocenters. The van der Waals surface area contributed by atoms with Gasteiger partial charge in [0.15, 0.2) is 0 Å². The molecule has 0 spiro atoms. The Bertz CT molecular complexity index is 974. The lowest BCUT2D eigenvalue weighted by atomic mass is 9.93. The largest absolute Gasteiger partial charge is 0.495 e. The number of thiophene rings is 1. The van der Waals surface area contributed by atoms with Crippen LogP contribution in [0.4, 0.5) is 5.69 Å². The van der Waals surface area contributed by atoms with Crippen LogP contribution in [0.25, 0.3) is 0 Å². The number of halogens is 1. The van der Waals surface area contributed by atoms with Crippen LogP contribution < -0.4 is 10.1 Å². The molecule has 0 fully saturated rings. The lowest BCUT2D eigenvalue weighted by Gasteiger charge is -2.35. The lowest BCUT2D eigenvalue weighted by molar-refractivity contribution is -0.117. The Balaban J connectivity index is 1.57. The van der Waals surface area contributed by atoms with Gasteiger partial charge in [-0.05, 0) is 47.2 Å². The van der Waals surface area contributed by atoms with Crippen molar-refractivity contribution in [3.05, 3.63) is 81.0 Å². The van der Waals surface area contributed by atoms with Gasteiger partial charge in [-0.15, -0.1) is 11.3 Å². The molecule has 1 N–H and O–H groups in total. The molecule has 1 atom stereocenters. The SMILES string of the molecule is COc1ccc(Cl)cc1NC(=O)CN1CCc2sccc2[C@H]1c1ccccc1. The highest BCUT2D eigenvalue weighted by Crippen LogP contribution is 2.37. The molecule has 0 saturated carbocycles. The standard InChI is InChI=1S/C22H21ClN2O2S/c1-27-19-8-7-16(23)13-18(19)24-21(26)14-25-11-9-20-17(10-12-28-20)22(25)15-5-3-2-4-6-15/h2-8,10,12-13,22H,9,11,14H2,1H3,(H,24,26)/t22-/m1/s1. The Hall–Kier alpha value is -2.34. The minimum Gasteiger partial charge on any atom is -0.495 e. The molecule has 2 heterocycles. The Labute approximate surface area is 173 Å². The summed E-state index contributed by atoms with van der Waals surface area (Å²) in [6.45, 7) is 1.14. The van der Waals surface area contributed by atoms with Crippen LogP contribution in [0, 0.1) is 0 Å². The number of amides is 1. The van der Waals surface area contributed by atoms with Gasteiger partial charge in [0.1, 0.15) is 5.75 Å². The Morgan fingerprint density at radius 2 is 2.07 bits per heavy atom. The van der Waals surface area contributed by atoms with Gasteiger partial charge in [0.25, 0.3) is 0 Å². The van der Waals surface area contributed by atoms with E-state index in [0.29, 0.717) is 23.0 Å². The van der Waals surface area contributed by atoms with E-state index in [0.717, 1.165) is 13.0 Å². The number of anilines is 1. The van der Waals surface area contributed by atoms with Crippen LogP contribution in [0.5, 0.6) is 5.75 Å². The van der Waals surface area contributed by atoms with Crippen LogP contribution in [0.3, 0.4) is 0 Å². The summed E-state index contributed by atoms with van der Waals surface area (Å²) in [5.41, 5.74) is 3.09. The number of carbonyl (C=O) groups excluding carboxylic acids is 1. The van der Waals surface area contributed by atoms with Gasteiger partial charge in [-0.3, -0.25) is 9.69 Å². The molecule has 1 amide bonds. The Kier molecular flexibility index (Phi) is 5.67. The highest BCUT2D eigenvalue weighted by molar-refractivity contribution is 7.10. The van der Waals surface area contributed by atoms with Gasteiger partial charge in [0.2, 0.25) is 5.91 Å². The molecule has 144 valence electrons. The number of fused-ring (bicyclic) bond motifs is 1. The van der Waals surface area contributed by atoms with Crippen molar-refractivity contribution < 1.29 is 9.53 Å². The topological polar surface area (TPSA) is 41.6 Å². The van der Waals surface area contributed by atoms with E-state index in [1.807, 2.05) is 18.2 Å². The van der Waals surface area contributed by atoms with Crippen molar-refractivity contribution >= 4 is 34.5 Å². The number of benzene rings is 2. The fraction of sp³-hybridized carbons (Fsp3) is 0.227. The molecule has 1 aromatic heterocycles. The van der Waals surface area contributed by atoms with Crippen LogP contribution in [0.15, 0.2) is 60.0 Å². The minimum atomic E-state index is -0.0832. The van der Waals surface area contributed by atoms with Crippen LogP contribution in [0.2, 0.25) is 5.02 Å². The van der Waals surface area contributed by atoms with Gasteiger partial charge in [-0.2, -0.15) is 0 Å². The third kappa shape index (κ3) is 3.92. The summed E-state index contributed by atoms with van der Waals surface area (Å²) in [5.74, 6) is 0.510. The Morgan fingerprint density at radius 3 is 2.86 bits per heavy atom. The number of hydrogen-bond acceptors (Lipinski definition) is 4. The first-order valence-corrected chi connectivity index (χ1v) is 10.4. The van der Waals surface area contributed by atoms with Crippen molar-refractivity contribution in [1.82, 2.24) is 4.90 Å². The van der Waals surface area contributed by atoms with E-state index >= 15 is 0 Å². The van der Waals surface area contributed by atoms with E-state index in [9.17, 15) is 4.79 Å². The first-order valence-electron chi connectivity index (χ1n) is 9.14. The summed E-state index contributed by atoms with van der Waals surface area (Å²) in [6.07, 6.45) is 0.962. The van der Waals surface area contributed by atoms with Crippen LogP contribution in [0.1, 0.15) is 22.0 Å². The maximum Gasteiger partial charge on any atom is 0.238 e. The number of nitrogens with zero attached hydrogens (tertiary/aromatic N) is 1. The molecule has 28 heavy (non-hydrogen) atoms. The van der Waals surface area contributed by atoms with E-state index < -0.39 is 0 Å². The van der Waals surface area contributed by atoms with Crippen molar-refractivity contribution in [2.24, 2.45) is 0 Å². The number of carbonyl (C=O) groups is 1. The second-order valence-corrected chi connectivity index (χ2v) is 8.16. The molecule has 1 aliphatic heterocycles. The highest BCUT2D eigenvalue weighted by atomic mass is 35.5. The number of ether oxygens (including phenoxy) is 1. The number of hydrogen-bond donors (Lipinski definition) is 1. The zero-order valence-electron chi connectivity index (χ0n) is 15.5. The van der Waals surface area contributed by atoms with Crippen molar-refractivity contribution in [3.8, 4) is 5.75 Å². The third-order valence-electron chi connectivity index (χ3n) is 4.96. The predicted molar refractivity (Wildman–Crippen MR) is 115 cm³/mol. The van der Waals surface area contributed by atoms with Crippen molar-refractivity contribution in [3.63, 3.8) is 0 Å². The average molecular weight is 413 g/mol. The fourth-order valence-corrected chi connectivity index (χ4v) is 4.79. The zero-order chi connectivity index (χ0) is 19.5. The first kappa shape index (κ1) is 19.0. The highest BCUT2D eigenvalue weighted by Gasteiger charge is 2.30. The quantitative estimate of drug-likeness (QED) is 0.641. The van der Waals surface area contributed by atoms with Crippen LogP contribution in [-0.4, -0.2) is 31.0 Å². The minimum absolute atomic E-state index is 0.0832. The molecule has 6 heteroatoms. The second kappa shape index (κ2) is 8.35. The van der Waals surface area contributed by atoms with E-state index in [4.69, 9.17) is 16.3 Å². The summed E-state index contributed by atoms with van der Waals surface area (Å²) >= 11 is 7.88. The summed E-state index contributed by atoms with van der Waals surface area (Å²) in [5, 5.41) is 5.65. The number of rotatable bonds is 5. The molecule has 0 bridgehead atoms. The monoisotopic (exact) mass is 412 g/mol. The maximum atomic E-state index is 12.8. The first-order chi connectivity index (χ1) is 13.7. The smallest absolute Gasteiger partial charge is 0.238 e. The molecule has 0 radical (unpaired) electrons. The summed E-state index contributed by atoms with van der Waals surface area (Å²) in [7, 11) is 1.58. The summed E-state index contributed by atoms with van der Waals surface area (Å²) in [6, 6.07) is 17.8. The molecule has 0 saturated heterocycles. The van der Waals surface area contributed by atoms with Crippen molar-refractivity contribution in [2.45, 2.75) is 12.5 Å². The molecular weight excluding hydrogens is 392 g/mol. The number of methoxy groups -OCH3 is 1. The van der Waals surface area contributed by atoms with Gasteiger partial charge < -0.3 is 10.1 Å². The van der Waals surface area contributed by atoms with E-state index in [2.05, 4.69) is 33.8 Å². The molecule has 4 rings (SSSR count). The molecule has 0 aliphatic carbocycles. The average Bonchev–Trinajstić information content (AvgIpc) is 3.17. The predicted octanol–water partition coefficient (Wildman–Crippen LogP) is 5.00. The van der Waals surface area contributed by atoms with Crippen LogP contribution >= 0.6 is 22.9 Å². The van der Waals surface area contributed by atoms with Crippen molar-refractivity contribution in [2.75, 3.05) is 25.5 Å². The second-order valence-electron chi connectivity index (χ2n) is 6.73. The molecule has 2 aromatic carbocycles. The number of nitrogens with one attached hydrogen (secondary N) is 1.